The smallest absolute Gasteiger partial charge is 0.138 e. The van der Waals surface area contributed by atoms with Crippen molar-refractivity contribution in [2.75, 3.05) is 89.2 Å². The first-order chi connectivity index (χ1) is 28.5. The maximum absolute atomic E-state index is 8.81. The molecule has 3 aromatic heterocycles. The van der Waals surface area contributed by atoms with E-state index in [-0.39, 0.29) is 25.6 Å². The van der Waals surface area contributed by atoms with Crippen molar-refractivity contribution in [2.24, 2.45) is 5.73 Å². The van der Waals surface area contributed by atoms with Crippen LogP contribution in [0.15, 0.2) is 110 Å². The summed E-state index contributed by atoms with van der Waals surface area (Å²) in [4.78, 5) is 27.4. The normalized spacial score (nSPS) is 9.47. The highest BCUT2D eigenvalue weighted by Gasteiger charge is 2.08. The molecule has 0 unspecified atom stereocenters. The average Bonchev–Trinajstić information content (AvgIpc) is 3.28. The molecule has 324 valence electrons. The number of hydrogen-bond donors (Lipinski definition) is 5. The van der Waals surface area contributed by atoms with Gasteiger partial charge in [-0.1, -0.05) is 34.8 Å². The molecular formula is C40H51Cl4N11O5. The third-order valence-corrected chi connectivity index (χ3v) is 8.02. The van der Waals surface area contributed by atoms with Gasteiger partial charge in [0.2, 0.25) is 0 Å². The molecule has 0 saturated heterocycles. The van der Waals surface area contributed by atoms with Crippen LogP contribution in [0.25, 0.3) is 0 Å². The Bertz CT molecular complexity index is 1980. The fourth-order valence-electron chi connectivity index (χ4n) is 4.26. The molecule has 6 rings (SSSR count). The van der Waals surface area contributed by atoms with E-state index in [4.69, 9.17) is 65.0 Å². The van der Waals surface area contributed by atoms with E-state index in [0.717, 1.165) is 45.9 Å². The van der Waals surface area contributed by atoms with Crippen LogP contribution in [-0.2, 0) is 0 Å². The van der Waals surface area contributed by atoms with Crippen molar-refractivity contribution in [3.05, 3.63) is 125 Å². The maximum Gasteiger partial charge on any atom is 0.138 e. The highest BCUT2D eigenvalue weighted by Crippen LogP contribution is 2.26. The second-order valence-corrected chi connectivity index (χ2v) is 12.4. The Morgan fingerprint density at radius 1 is 0.583 bits per heavy atom. The van der Waals surface area contributed by atoms with Crippen LogP contribution in [0.3, 0.4) is 0 Å². The first-order valence-corrected chi connectivity index (χ1v) is 18.8. The van der Waals surface area contributed by atoms with Crippen LogP contribution >= 0.6 is 47.2 Å². The molecule has 0 bridgehead atoms. The van der Waals surface area contributed by atoms with Crippen molar-refractivity contribution in [3.8, 4) is 17.2 Å². The van der Waals surface area contributed by atoms with Gasteiger partial charge < -0.3 is 50.6 Å². The van der Waals surface area contributed by atoms with Crippen LogP contribution in [0.4, 0.5) is 34.5 Å². The average molecular weight is 908 g/mol. The molecular weight excluding hydrogens is 856 g/mol. The topological polar surface area (TPSA) is 202 Å². The third-order valence-electron chi connectivity index (χ3n) is 7.40. The number of aliphatic hydroxyl groups is 2. The predicted octanol–water partition coefficient (Wildman–Crippen LogP) is 7.44. The van der Waals surface area contributed by atoms with E-state index in [2.05, 4.69) is 40.5 Å². The van der Waals surface area contributed by atoms with Crippen LogP contribution < -0.4 is 40.4 Å². The highest BCUT2D eigenvalue weighted by atomic mass is 35.5. The van der Waals surface area contributed by atoms with Crippen LogP contribution in [0.2, 0.25) is 15.5 Å². The number of nitrogens with one attached hydrogen (secondary N) is 2. The van der Waals surface area contributed by atoms with Crippen molar-refractivity contribution < 1.29 is 24.4 Å². The van der Waals surface area contributed by atoms with Gasteiger partial charge in [0.15, 0.2) is 0 Å². The fourth-order valence-corrected chi connectivity index (χ4v) is 4.76. The van der Waals surface area contributed by atoms with Gasteiger partial charge in [-0.05, 0) is 72.8 Å². The van der Waals surface area contributed by atoms with E-state index < -0.39 is 0 Å². The van der Waals surface area contributed by atoms with Gasteiger partial charge in [0, 0.05) is 69.5 Å². The molecule has 0 amide bonds. The largest absolute Gasteiger partial charge is 0.497 e. The number of aromatic nitrogens is 6. The quantitative estimate of drug-likeness (QED) is 0.0758. The molecule has 0 aliphatic carbocycles. The van der Waals surface area contributed by atoms with Crippen molar-refractivity contribution in [1.82, 2.24) is 29.9 Å². The molecule has 6 N–H and O–H groups in total. The van der Waals surface area contributed by atoms with Gasteiger partial charge in [-0.25, -0.2) is 29.9 Å². The number of methoxy groups -OCH3 is 3. The summed E-state index contributed by atoms with van der Waals surface area (Å²) in [5.41, 5.74) is 7.87. The lowest BCUT2D eigenvalue weighted by molar-refractivity contribution is 0.306. The molecule has 0 radical (unpaired) electrons. The lowest BCUT2D eigenvalue weighted by atomic mass is 10.3. The number of halogens is 4. The Labute approximate surface area is 372 Å². The van der Waals surface area contributed by atoms with Crippen molar-refractivity contribution in [3.63, 3.8) is 0 Å². The summed E-state index contributed by atoms with van der Waals surface area (Å²) in [6, 6.07) is 28.2. The zero-order chi connectivity index (χ0) is 43.4. The monoisotopic (exact) mass is 905 g/mol. The zero-order valence-corrected chi connectivity index (χ0v) is 37.1. The van der Waals surface area contributed by atoms with Crippen molar-refractivity contribution in [2.45, 2.75) is 0 Å². The third kappa shape index (κ3) is 20.0. The summed E-state index contributed by atoms with van der Waals surface area (Å²) < 4.78 is 15.2. The van der Waals surface area contributed by atoms with Gasteiger partial charge in [0.1, 0.15) is 69.1 Å². The molecule has 0 aliphatic rings. The number of anilines is 6. The molecule has 0 atom stereocenters. The Morgan fingerprint density at radius 2 is 0.967 bits per heavy atom. The molecule has 6 aromatic rings. The predicted molar refractivity (Wildman–Crippen MR) is 245 cm³/mol. The van der Waals surface area contributed by atoms with Crippen LogP contribution in [0, 0.1) is 0 Å². The summed E-state index contributed by atoms with van der Waals surface area (Å²) in [5, 5.41) is 23.7. The second-order valence-electron chi connectivity index (χ2n) is 11.3. The second kappa shape index (κ2) is 30.6. The number of nitrogens with zero attached hydrogens (tertiary/aromatic N) is 8. The molecule has 0 saturated carbocycles. The van der Waals surface area contributed by atoms with Gasteiger partial charge in [-0.3, -0.25) is 0 Å². The van der Waals surface area contributed by atoms with E-state index in [0.29, 0.717) is 34.4 Å². The highest BCUT2D eigenvalue weighted by molar-refractivity contribution is 6.33. The molecule has 60 heavy (non-hydrogen) atoms. The van der Waals surface area contributed by atoms with Gasteiger partial charge in [-0.15, -0.1) is 12.4 Å². The van der Waals surface area contributed by atoms with E-state index >= 15 is 0 Å². The molecule has 0 fully saturated rings. The number of ether oxygens (including phenoxy) is 3. The Balaban J connectivity index is 0.000000405. The number of rotatable bonds is 12. The van der Waals surface area contributed by atoms with Crippen LogP contribution in [0.1, 0.15) is 0 Å². The van der Waals surface area contributed by atoms with E-state index in [9.17, 15) is 0 Å². The molecule has 0 spiro atoms. The van der Waals surface area contributed by atoms with Gasteiger partial charge in [-0.2, -0.15) is 0 Å². The summed E-state index contributed by atoms with van der Waals surface area (Å²) in [7, 11) is 10.7. The SMILES string of the molecule is CNc1ccc(OC)cc1.COc1ccc(N(C)c2cc(Cl)ncn2)cc1.COc1ccc(N(C)c2cc(NCCO)ncn2)cc1.Cl.Clc1cc(Cl)ncn1.NCCO. The summed E-state index contributed by atoms with van der Waals surface area (Å²) in [6.07, 6.45) is 4.25. The van der Waals surface area contributed by atoms with Crippen LogP contribution in [0.5, 0.6) is 17.2 Å². The Morgan fingerprint density at radius 3 is 1.32 bits per heavy atom. The molecule has 16 nitrogen and oxygen atoms in total. The van der Waals surface area contributed by atoms with E-state index in [1.54, 1.807) is 27.4 Å². The Kier molecular flexibility index (Phi) is 26.8. The maximum atomic E-state index is 8.81. The van der Waals surface area contributed by atoms with Crippen molar-refractivity contribution >= 4 is 81.7 Å². The van der Waals surface area contributed by atoms with E-state index in [1.807, 2.05) is 110 Å². The number of nitrogens with two attached hydrogens (primary N) is 1. The Hall–Kier alpha value is -5.46. The summed E-state index contributed by atoms with van der Waals surface area (Å²) in [5.74, 6) is 4.72. The lowest BCUT2D eigenvalue weighted by Crippen LogP contribution is -2.13. The molecule has 3 aromatic carbocycles. The first-order valence-electron chi connectivity index (χ1n) is 17.7. The standard InChI is InChI=1S/C14H18N4O2.C12H12ClN3O.C8H11NO.C4H2Cl2N2.C2H7NO.ClH/c1-18(11-3-5-12(20-2)6-4-11)14-9-13(15-7-8-19)16-10-17-14;1-16(12-7-11(13)14-8-15-12)9-3-5-10(17-2)6-4-9;1-9-7-3-5-8(10-2)6-4-7;5-3-1-4(6)8-2-7-3;3-1-2-4;/h3-6,9-10,19H,7-8H2,1-2H3,(H,15,16,17);3-8H,1-2H3;3-6,9H,1-2H3;1-2H;4H,1-3H2;1H. The minimum atomic E-state index is 0. The fraction of sp³-hybridized carbons (Fsp3) is 0.250. The molecule has 0 aliphatic heterocycles. The number of aliphatic hydroxyl groups excluding tert-OH is 2. The summed E-state index contributed by atoms with van der Waals surface area (Å²) >= 11 is 16.6. The minimum absolute atomic E-state index is 0. The van der Waals surface area contributed by atoms with E-state index in [1.165, 1.54) is 25.0 Å². The number of hydrogen-bond acceptors (Lipinski definition) is 16. The molecule has 20 heteroatoms. The molecule has 3 heterocycles. The number of benzene rings is 3. The van der Waals surface area contributed by atoms with Gasteiger partial charge >= 0.3 is 0 Å². The van der Waals surface area contributed by atoms with Gasteiger partial charge in [0.25, 0.3) is 0 Å². The van der Waals surface area contributed by atoms with Crippen LogP contribution in [-0.4, -0.2) is 109 Å². The first kappa shape index (κ1) is 52.6. The van der Waals surface area contributed by atoms with Crippen molar-refractivity contribution in [1.29, 1.82) is 0 Å². The summed E-state index contributed by atoms with van der Waals surface area (Å²) in [6.45, 7) is 0.996. The minimum Gasteiger partial charge on any atom is -0.497 e. The lowest BCUT2D eigenvalue weighted by Gasteiger charge is -2.19. The van der Waals surface area contributed by atoms with Gasteiger partial charge in [0.05, 0.1) is 34.5 Å². The zero-order valence-electron chi connectivity index (χ0n) is 34.0.